The van der Waals surface area contributed by atoms with Crippen LogP contribution in [-0.4, -0.2) is 31.2 Å². The van der Waals surface area contributed by atoms with Gasteiger partial charge in [0.15, 0.2) is 0 Å². The van der Waals surface area contributed by atoms with Crippen molar-refractivity contribution in [2.75, 3.05) is 13.7 Å². The molecule has 1 unspecified atom stereocenters. The van der Waals surface area contributed by atoms with E-state index in [1.165, 1.54) is 6.42 Å². The lowest BCUT2D eigenvalue weighted by molar-refractivity contribution is -0.125. The van der Waals surface area contributed by atoms with Gasteiger partial charge in [0.2, 0.25) is 5.91 Å². The Morgan fingerprint density at radius 1 is 1.44 bits per heavy atom. The fourth-order valence-electron chi connectivity index (χ4n) is 2.45. The molecule has 1 atom stereocenters. The van der Waals surface area contributed by atoms with Crippen molar-refractivity contribution in [1.29, 1.82) is 0 Å². The van der Waals surface area contributed by atoms with Crippen LogP contribution in [0.15, 0.2) is 0 Å². The number of carbonyl (C=O) groups is 1. The molecule has 1 rings (SSSR count). The molecule has 0 spiro atoms. The highest BCUT2D eigenvalue weighted by atomic mass is 16.5. The Morgan fingerprint density at radius 2 is 2.06 bits per heavy atom. The quantitative estimate of drug-likeness (QED) is 0.762. The van der Waals surface area contributed by atoms with Crippen LogP contribution in [0.5, 0.6) is 0 Å². The van der Waals surface area contributed by atoms with Crippen LogP contribution in [0.25, 0.3) is 0 Å². The molecule has 0 heterocycles. The van der Waals surface area contributed by atoms with Gasteiger partial charge in [0, 0.05) is 26.1 Å². The molecule has 0 bridgehead atoms. The predicted octanol–water partition coefficient (Wildman–Crippen LogP) is 1.83. The number of nitrogens with one attached hydrogen (secondary N) is 1. The van der Waals surface area contributed by atoms with Crippen LogP contribution in [-0.2, 0) is 9.53 Å². The second kappa shape index (κ2) is 6.02. The predicted molar refractivity (Wildman–Crippen MR) is 73.3 cm³/mol. The number of rotatable bonds is 6. The number of hydrogen-bond donors (Lipinski definition) is 2. The lowest BCUT2D eigenvalue weighted by Gasteiger charge is -2.40. The van der Waals surface area contributed by atoms with Crippen molar-refractivity contribution in [3.05, 3.63) is 0 Å². The highest BCUT2D eigenvalue weighted by Crippen LogP contribution is 2.34. The standard InChI is InChI=1S/C14H28N2O2/c1-13(2,3)9-11(15)8-12(17)16-10-14(18-4)6-5-7-14/h11H,5-10,15H2,1-4H3,(H,16,17). The van der Waals surface area contributed by atoms with Crippen LogP contribution < -0.4 is 11.1 Å². The Labute approximate surface area is 111 Å². The minimum atomic E-state index is -0.107. The first-order valence-corrected chi connectivity index (χ1v) is 6.84. The Kier molecular flexibility index (Phi) is 5.17. The van der Waals surface area contributed by atoms with Crippen molar-refractivity contribution < 1.29 is 9.53 Å². The monoisotopic (exact) mass is 256 g/mol. The van der Waals surface area contributed by atoms with Crippen LogP contribution >= 0.6 is 0 Å². The van der Waals surface area contributed by atoms with E-state index in [-0.39, 0.29) is 23.0 Å². The molecule has 0 aromatic heterocycles. The molecule has 1 aliphatic carbocycles. The summed E-state index contributed by atoms with van der Waals surface area (Å²) in [6.45, 7) is 7.03. The molecule has 3 N–H and O–H groups in total. The number of carbonyl (C=O) groups excluding carboxylic acids is 1. The fraction of sp³-hybridized carbons (Fsp3) is 0.929. The first-order valence-electron chi connectivity index (χ1n) is 6.84. The summed E-state index contributed by atoms with van der Waals surface area (Å²) in [5.74, 6) is 0.0371. The molecule has 1 saturated carbocycles. The van der Waals surface area contributed by atoms with Gasteiger partial charge in [0.1, 0.15) is 0 Å². The van der Waals surface area contributed by atoms with Gasteiger partial charge in [0.25, 0.3) is 0 Å². The molecule has 0 aliphatic heterocycles. The topological polar surface area (TPSA) is 64.3 Å². The van der Waals surface area contributed by atoms with Gasteiger partial charge in [-0.05, 0) is 31.1 Å². The highest BCUT2D eigenvalue weighted by Gasteiger charge is 2.37. The summed E-state index contributed by atoms with van der Waals surface area (Å²) >= 11 is 0. The molecule has 0 aromatic rings. The van der Waals surface area contributed by atoms with E-state index >= 15 is 0 Å². The Bertz CT molecular complexity index is 274. The maximum atomic E-state index is 11.8. The maximum Gasteiger partial charge on any atom is 0.221 e. The zero-order chi connectivity index (χ0) is 13.8. The van der Waals surface area contributed by atoms with Gasteiger partial charge in [-0.15, -0.1) is 0 Å². The summed E-state index contributed by atoms with van der Waals surface area (Å²) in [7, 11) is 1.72. The van der Waals surface area contributed by atoms with Crippen molar-refractivity contribution in [3.63, 3.8) is 0 Å². The third-order valence-corrected chi connectivity index (χ3v) is 3.63. The van der Waals surface area contributed by atoms with Gasteiger partial charge in [0.05, 0.1) is 5.60 Å². The summed E-state index contributed by atoms with van der Waals surface area (Å²) in [5, 5.41) is 2.95. The normalized spacial score (nSPS) is 20.1. The fourth-order valence-corrected chi connectivity index (χ4v) is 2.45. The molecule has 4 nitrogen and oxygen atoms in total. The van der Waals surface area contributed by atoms with Gasteiger partial charge >= 0.3 is 0 Å². The Balaban J connectivity index is 2.25. The van der Waals surface area contributed by atoms with Gasteiger partial charge in [-0.3, -0.25) is 4.79 Å². The second-order valence-corrected chi connectivity index (χ2v) is 6.75. The Hall–Kier alpha value is -0.610. The minimum absolute atomic E-state index is 0.0371. The van der Waals surface area contributed by atoms with Crippen molar-refractivity contribution >= 4 is 5.91 Å². The highest BCUT2D eigenvalue weighted by molar-refractivity contribution is 5.76. The van der Waals surface area contributed by atoms with E-state index in [1.807, 2.05) is 0 Å². The Morgan fingerprint density at radius 3 is 2.44 bits per heavy atom. The molecule has 0 aromatic carbocycles. The average Bonchev–Trinajstić information content (AvgIpc) is 2.13. The molecule has 1 aliphatic rings. The molecular formula is C14H28N2O2. The molecular weight excluding hydrogens is 228 g/mol. The minimum Gasteiger partial charge on any atom is -0.376 e. The van der Waals surface area contributed by atoms with E-state index in [9.17, 15) is 4.79 Å². The van der Waals surface area contributed by atoms with Gasteiger partial charge in [-0.1, -0.05) is 20.8 Å². The lowest BCUT2D eigenvalue weighted by atomic mass is 9.80. The van der Waals surface area contributed by atoms with Crippen molar-refractivity contribution in [2.45, 2.75) is 64.5 Å². The van der Waals surface area contributed by atoms with Gasteiger partial charge in [-0.2, -0.15) is 0 Å². The van der Waals surface area contributed by atoms with E-state index in [2.05, 4.69) is 26.1 Å². The lowest BCUT2D eigenvalue weighted by Crippen LogP contribution is -2.50. The summed E-state index contributed by atoms with van der Waals surface area (Å²) < 4.78 is 5.46. The first kappa shape index (κ1) is 15.4. The molecule has 0 saturated heterocycles. The largest absolute Gasteiger partial charge is 0.376 e. The molecule has 1 amide bonds. The summed E-state index contributed by atoms with van der Waals surface area (Å²) in [6, 6.07) is -0.0649. The van der Waals surface area contributed by atoms with Crippen LogP contribution in [0.3, 0.4) is 0 Å². The van der Waals surface area contributed by atoms with E-state index in [4.69, 9.17) is 10.5 Å². The number of hydrogen-bond acceptors (Lipinski definition) is 3. The summed E-state index contributed by atoms with van der Waals surface area (Å²) in [6.07, 6.45) is 4.52. The smallest absolute Gasteiger partial charge is 0.221 e. The van der Waals surface area contributed by atoms with Gasteiger partial charge < -0.3 is 15.8 Å². The third kappa shape index (κ3) is 4.94. The molecule has 4 heteroatoms. The number of ether oxygens (including phenoxy) is 1. The summed E-state index contributed by atoms with van der Waals surface area (Å²) in [4.78, 5) is 11.8. The molecule has 0 radical (unpaired) electrons. The SMILES string of the molecule is COC1(CNC(=O)CC(N)CC(C)(C)C)CCC1. The first-order chi connectivity index (χ1) is 8.26. The van der Waals surface area contributed by atoms with E-state index < -0.39 is 0 Å². The average molecular weight is 256 g/mol. The third-order valence-electron chi connectivity index (χ3n) is 3.63. The summed E-state index contributed by atoms with van der Waals surface area (Å²) in [5.41, 5.74) is 6.05. The second-order valence-electron chi connectivity index (χ2n) is 6.75. The van der Waals surface area contributed by atoms with E-state index in [0.29, 0.717) is 13.0 Å². The van der Waals surface area contributed by atoms with Crippen LogP contribution in [0, 0.1) is 5.41 Å². The van der Waals surface area contributed by atoms with Crippen LogP contribution in [0.1, 0.15) is 52.9 Å². The zero-order valence-electron chi connectivity index (χ0n) is 12.2. The van der Waals surface area contributed by atoms with Crippen LogP contribution in [0.4, 0.5) is 0 Å². The number of methoxy groups -OCH3 is 1. The van der Waals surface area contributed by atoms with Crippen molar-refractivity contribution in [3.8, 4) is 0 Å². The number of amides is 1. The molecule has 1 fully saturated rings. The van der Waals surface area contributed by atoms with E-state index in [0.717, 1.165) is 19.3 Å². The van der Waals surface area contributed by atoms with Crippen molar-refractivity contribution in [1.82, 2.24) is 5.32 Å². The van der Waals surface area contributed by atoms with Crippen LogP contribution in [0.2, 0.25) is 0 Å². The van der Waals surface area contributed by atoms with Gasteiger partial charge in [-0.25, -0.2) is 0 Å². The molecule has 18 heavy (non-hydrogen) atoms. The zero-order valence-corrected chi connectivity index (χ0v) is 12.2. The molecule has 106 valence electrons. The van der Waals surface area contributed by atoms with E-state index in [1.54, 1.807) is 7.11 Å². The number of nitrogens with two attached hydrogens (primary N) is 1. The van der Waals surface area contributed by atoms with Crippen molar-refractivity contribution in [2.24, 2.45) is 11.1 Å². The maximum absolute atomic E-state index is 11.8.